The lowest BCUT2D eigenvalue weighted by Crippen LogP contribution is -1.97. The first-order valence-electron chi connectivity index (χ1n) is 2.75. The number of alkyl halides is 1. The van der Waals surface area contributed by atoms with Gasteiger partial charge in [-0.05, 0) is 6.92 Å². The van der Waals surface area contributed by atoms with Crippen LogP contribution in [0.3, 0.4) is 0 Å². The van der Waals surface area contributed by atoms with Gasteiger partial charge in [0.2, 0.25) is 5.78 Å². The summed E-state index contributed by atoms with van der Waals surface area (Å²) in [6, 6.07) is 0. The zero-order chi connectivity index (χ0) is 7.56. The van der Waals surface area contributed by atoms with Gasteiger partial charge >= 0.3 is 0 Å². The standard InChI is InChI=1S/C6H6ClNOS/c1-4-3-8-6(10-4)5(9)2-7/h3H,2H2,1H3. The van der Waals surface area contributed by atoms with Crippen molar-refractivity contribution in [2.45, 2.75) is 6.92 Å². The zero-order valence-electron chi connectivity index (χ0n) is 5.43. The molecule has 10 heavy (non-hydrogen) atoms. The number of nitrogens with zero attached hydrogens (tertiary/aromatic N) is 1. The van der Waals surface area contributed by atoms with Crippen molar-refractivity contribution in [1.29, 1.82) is 0 Å². The van der Waals surface area contributed by atoms with E-state index < -0.39 is 0 Å². The Morgan fingerprint density at radius 3 is 3.00 bits per heavy atom. The third kappa shape index (κ3) is 1.55. The number of aromatic nitrogens is 1. The Kier molecular flexibility index (Phi) is 2.40. The predicted octanol–water partition coefficient (Wildman–Crippen LogP) is 1.87. The molecule has 0 amide bonds. The fraction of sp³-hybridized carbons (Fsp3) is 0.333. The lowest BCUT2D eigenvalue weighted by molar-refractivity contribution is 0.102. The molecular formula is C6H6ClNOS. The van der Waals surface area contributed by atoms with Gasteiger partial charge in [0.25, 0.3) is 0 Å². The monoisotopic (exact) mass is 175 g/mol. The second kappa shape index (κ2) is 3.12. The van der Waals surface area contributed by atoms with Crippen LogP contribution < -0.4 is 0 Å². The number of rotatable bonds is 2. The van der Waals surface area contributed by atoms with Crippen molar-refractivity contribution >= 4 is 28.7 Å². The Balaban J connectivity index is 2.85. The molecule has 0 radical (unpaired) electrons. The van der Waals surface area contributed by atoms with E-state index in [-0.39, 0.29) is 11.7 Å². The third-order valence-corrected chi connectivity index (χ3v) is 2.18. The van der Waals surface area contributed by atoms with Crippen molar-refractivity contribution in [3.63, 3.8) is 0 Å². The number of carbonyl (C=O) groups is 1. The number of ketones is 1. The number of hydrogen-bond acceptors (Lipinski definition) is 3. The molecule has 0 aliphatic carbocycles. The van der Waals surface area contributed by atoms with Gasteiger partial charge in [-0.1, -0.05) is 0 Å². The van der Waals surface area contributed by atoms with Crippen LogP contribution in [-0.4, -0.2) is 16.6 Å². The van der Waals surface area contributed by atoms with E-state index in [2.05, 4.69) is 4.98 Å². The van der Waals surface area contributed by atoms with Gasteiger partial charge in [0.05, 0.1) is 5.88 Å². The highest BCUT2D eigenvalue weighted by molar-refractivity contribution is 7.13. The maximum absolute atomic E-state index is 10.8. The van der Waals surface area contributed by atoms with E-state index in [1.165, 1.54) is 11.3 Å². The molecule has 0 spiro atoms. The van der Waals surface area contributed by atoms with Crippen LogP contribution in [0.4, 0.5) is 0 Å². The summed E-state index contributed by atoms with van der Waals surface area (Å²) in [7, 11) is 0. The molecule has 1 rings (SSSR count). The molecule has 0 atom stereocenters. The number of halogens is 1. The fourth-order valence-electron chi connectivity index (χ4n) is 0.541. The van der Waals surface area contributed by atoms with Gasteiger partial charge < -0.3 is 0 Å². The predicted molar refractivity (Wildman–Crippen MR) is 41.9 cm³/mol. The van der Waals surface area contributed by atoms with E-state index in [1.54, 1.807) is 6.20 Å². The van der Waals surface area contributed by atoms with Gasteiger partial charge in [0, 0.05) is 11.1 Å². The molecule has 0 unspecified atom stereocenters. The van der Waals surface area contributed by atoms with Crippen molar-refractivity contribution in [1.82, 2.24) is 4.98 Å². The van der Waals surface area contributed by atoms with E-state index >= 15 is 0 Å². The van der Waals surface area contributed by atoms with Crippen molar-refractivity contribution < 1.29 is 4.79 Å². The summed E-state index contributed by atoms with van der Waals surface area (Å²) in [5, 5.41) is 0.507. The maximum atomic E-state index is 10.8. The van der Waals surface area contributed by atoms with Crippen LogP contribution in [0.1, 0.15) is 14.7 Å². The molecule has 2 nitrogen and oxygen atoms in total. The maximum Gasteiger partial charge on any atom is 0.206 e. The first-order valence-corrected chi connectivity index (χ1v) is 4.10. The normalized spacial score (nSPS) is 9.80. The first kappa shape index (κ1) is 7.69. The molecular weight excluding hydrogens is 170 g/mol. The van der Waals surface area contributed by atoms with Gasteiger partial charge in [-0.3, -0.25) is 4.79 Å². The van der Waals surface area contributed by atoms with Crippen molar-refractivity contribution in [3.8, 4) is 0 Å². The molecule has 0 saturated carbocycles. The van der Waals surface area contributed by atoms with Crippen LogP contribution in [0, 0.1) is 6.92 Å². The second-order valence-electron chi connectivity index (χ2n) is 1.83. The quantitative estimate of drug-likeness (QED) is 0.508. The van der Waals surface area contributed by atoms with Crippen LogP contribution >= 0.6 is 22.9 Å². The topological polar surface area (TPSA) is 30.0 Å². The summed E-state index contributed by atoms with van der Waals surface area (Å²) < 4.78 is 0. The highest BCUT2D eigenvalue weighted by Crippen LogP contribution is 2.11. The van der Waals surface area contributed by atoms with E-state index in [1.807, 2.05) is 6.92 Å². The Morgan fingerprint density at radius 2 is 2.60 bits per heavy atom. The molecule has 0 N–H and O–H groups in total. The zero-order valence-corrected chi connectivity index (χ0v) is 7.00. The van der Waals surface area contributed by atoms with Gasteiger partial charge in [0.1, 0.15) is 0 Å². The van der Waals surface area contributed by atoms with E-state index in [0.29, 0.717) is 5.01 Å². The van der Waals surface area contributed by atoms with Crippen molar-refractivity contribution in [2.75, 3.05) is 5.88 Å². The van der Waals surface area contributed by atoms with Gasteiger partial charge in [0.15, 0.2) is 5.01 Å². The van der Waals surface area contributed by atoms with Crippen LogP contribution in [0.15, 0.2) is 6.20 Å². The SMILES string of the molecule is Cc1cnc(C(=O)CCl)s1. The van der Waals surface area contributed by atoms with E-state index in [0.717, 1.165) is 4.88 Å². The largest absolute Gasteiger partial charge is 0.290 e. The third-order valence-electron chi connectivity index (χ3n) is 0.981. The minimum absolute atomic E-state index is 0.0208. The number of aryl methyl sites for hydroxylation is 1. The lowest BCUT2D eigenvalue weighted by atomic mass is 10.5. The lowest BCUT2D eigenvalue weighted by Gasteiger charge is -1.84. The summed E-state index contributed by atoms with van der Waals surface area (Å²) >= 11 is 6.69. The van der Waals surface area contributed by atoms with Gasteiger partial charge in [-0.15, -0.1) is 22.9 Å². The number of thiazole rings is 1. The minimum atomic E-state index is -0.0974. The Bertz CT molecular complexity index is 246. The molecule has 0 aliphatic heterocycles. The van der Waals surface area contributed by atoms with Gasteiger partial charge in [-0.2, -0.15) is 0 Å². The number of carbonyl (C=O) groups excluding carboxylic acids is 1. The molecule has 54 valence electrons. The molecule has 1 aromatic heterocycles. The average Bonchev–Trinajstić information content (AvgIpc) is 2.34. The molecule has 0 bridgehead atoms. The number of hydrogen-bond donors (Lipinski definition) is 0. The Labute approximate surface area is 67.9 Å². The summed E-state index contributed by atoms with van der Waals surface area (Å²) in [5.74, 6) is -0.0767. The minimum Gasteiger partial charge on any atom is -0.290 e. The Hall–Kier alpha value is -0.410. The van der Waals surface area contributed by atoms with Crippen LogP contribution in [-0.2, 0) is 0 Å². The second-order valence-corrected chi connectivity index (χ2v) is 3.33. The Morgan fingerprint density at radius 1 is 1.90 bits per heavy atom. The smallest absolute Gasteiger partial charge is 0.206 e. The van der Waals surface area contributed by atoms with E-state index in [4.69, 9.17) is 11.6 Å². The van der Waals surface area contributed by atoms with Crippen LogP contribution in [0.2, 0.25) is 0 Å². The van der Waals surface area contributed by atoms with Crippen molar-refractivity contribution in [2.24, 2.45) is 0 Å². The summed E-state index contributed by atoms with van der Waals surface area (Å²) in [5.41, 5.74) is 0. The van der Waals surface area contributed by atoms with Crippen molar-refractivity contribution in [3.05, 3.63) is 16.1 Å². The number of Topliss-reactive ketones (excluding diaryl/α,β-unsaturated/α-hetero) is 1. The summed E-state index contributed by atoms with van der Waals surface area (Å²) in [4.78, 5) is 15.7. The fourth-order valence-corrected chi connectivity index (χ4v) is 1.45. The molecule has 0 saturated heterocycles. The highest BCUT2D eigenvalue weighted by Gasteiger charge is 2.06. The first-order chi connectivity index (χ1) is 4.74. The van der Waals surface area contributed by atoms with E-state index in [9.17, 15) is 4.79 Å². The summed E-state index contributed by atoms with van der Waals surface area (Å²) in [6.45, 7) is 1.91. The molecule has 0 aliphatic rings. The highest BCUT2D eigenvalue weighted by atomic mass is 35.5. The van der Waals surface area contributed by atoms with Crippen LogP contribution in [0.25, 0.3) is 0 Å². The van der Waals surface area contributed by atoms with Crippen LogP contribution in [0.5, 0.6) is 0 Å². The molecule has 1 aromatic rings. The molecule has 0 fully saturated rings. The average molecular weight is 176 g/mol. The summed E-state index contributed by atoms with van der Waals surface area (Å²) in [6.07, 6.45) is 1.67. The molecule has 0 aromatic carbocycles. The van der Waals surface area contributed by atoms with Gasteiger partial charge in [-0.25, -0.2) is 4.98 Å². The molecule has 1 heterocycles. The molecule has 4 heteroatoms.